The van der Waals surface area contributed by atoms with E-state index in [0.29, 0.717) is 64.9 Å². The summed E-state index contributed by atoms with van der Waals surface area (Å²) in [6, 6.07) is 5.85. The maximum atomic E-state index is 11.4. The molecule has 1 atom stereocenters. The van der Waals surface area contributed by atoms with E-state index in [2.05, 4.69) is 38.3 Å². The number of nitriles is 1. The fraction of sp³-hybridized carbons (Fsp3) is 0.321. The maximum absolute atomic E-state index is 11.4. The Morgan fingerprint density at radius 3 is 2.79 bits per heavy atom. The summed E-state index contributed by atoms with van der Waals surface area (Å²) in [5.74, 6) is 1.01. The second-order valence-electron chi connectivity index (χ2n) is 8.78. The van der Waals surface area contributed by atoms with Gasteiger partial charge in [0.25, 0.3) is 0 Å². The minimum Gasteiger partial charge on any atom is -0.493 e. The van der Waals surface area contributed by atoms with Gasteiger partial charge in [-0.2, -0.15) is 10.4 Å². The van der Waals surface area contributed by atoms with Crippen molar-refractivity contribution >= 4 is 41.2 Å². The molecule has 0 aliphatic carbocycles. The fourth-order valence-electron chi connectivity index (χ4n) is 4.15. The van der Waals surface area contributed by atoms with Gasteiger partial charge in [0.05, 0.1) is 23.7 Å². The molecule has 0 fully saturated rings. The lowest BCUT2D eigenvalue weighted by molar-refractivity contribution is -0.118. The van der Waals surface area contributed by atoms with E-state index in [4.69, 9.17) is 21.1 Å². The fourth-order valence-corrected chi connectivity index (χ4v) is 4.51. The van der Waals surface area contributed by atoms with Crippen LogP contribution in [0.2, 0.25) is 5.02 Å². The van der Waals surface area contributed by atoms with Crippen LogP contribution in [0.25, 0.3) is 16.5 Å². The first-order chi connectivity index (χ1) is 18.9. The first kappa shape index (κ1) is 29.4. The third-order valence-corrected chi connectivity index (χ3v) is 6.44. The molecule has 10 nitrogen and oxygen atoms in total. The highest BCUT2D eigenvalue weighted by Gasteiger charge is 2.20. The molecule has 0 radical (unpaired) electrons. The number of ether oxygens (including phenoxy) is 2. The van der Waals surface area contributed by atoms with Gasteiger partial charge in [0.2, 0.25) is 6.41 Å². The number of amides is 1. The minimum atomic E-state index is -0.388. The summed E-state index contributed by atoms with van der Waals surface area (Å²) >= 11 is 6.41. The summed E-state index contributed by atoms with van der Waals surface area (Å²) in [6.45, 7) is 9.03. The highest BCUT2D eigenvalue weighted by Crippen LogP contribution is 2.38. The molecule has 2 N–H and O–H groups in total. The summed E-state index contributed by atoms with van der Waals surface area (Å²) in [4.78, 5) is 21.0. The number of aromatic amines is 1. The third-order valence-electron chi connectivity index (χ3n) is 6.14. The molecular formula is C28H32ClN7O3. The van der Waals surface area contributed by atoms with Crippen LogP contribution in [0.3, 0.4) is 0 Å². The molecule has 3 aromatic rings. The standard InChI is InChI=1S/C28H32ClN7O3/c1-18-14-33-16-23(29)27(18)19(2)39-26-11-22-24(12-25(26)38-5)34-35-28(22)21(15-32-4)10-20(13-30)6-8-36(17-37)9-7-31-3/h10-12,14-17,19,31H,4,6-9H2,1-3,5H3,(H,34,35)/b20-10+,21-15+/t19-/m1/s1. The predicted molar refractivity (Wildman–Crippen MR) is 153 cm³/mol. The highest BCUT2D eigenvalue weighted by atomic mass is 35.5. The largest absolute Gasteiger partial charge is 0.493 e. The molecule has 1 amide bonds. The molecule has 0 spiro atoms. The summed E-state index contributed by atoms with van der Waals surface area (Å²) in [7, 11) is 3.38. The number of nitrogens with zero attached hydrogens (tertiary/aromatic N) is 5. The van der Waals surface area contributed by atoms with Gasteiger partial charge in [-0.3, -0.25) is 19.9 Å². The van der Waals surface area contributed by atoms with Crippen LogP contribution in [-0.2, 0) is 4.79 Å². The molecule has 39 heavy (non-hydrogen) atoms. The zero-order valence-corrected chi connectivity index (χ0v) is 23.2. The van der Waals surface area contributed by atoms with Crippen LogP contribution < -0.4 is 14.8 Å². The normalized spacial score (nSPS) is 12.6. The van der Waals surface area contributed by atoms with Crippen molar-refractivity contribution < 1.29 is 14.3 Å². The van der Waals surface area contributed by atoms with Crippen molar-refractivity contribution in [2.75, 3.05) is 33.8 Å². The van der Waals surface area contributed by atoms with E-state index < -0.39 is 0 Å². The molecule has 1 aromatic carbocycles. The van der Waals surface area contributed by atoms with Crippen LogP contribution >= 0.6 is 11.6 Å². The van der Waals surface area contributed by atoms with Gasteiger partial charge in [-0.25, -0.2) is 0 Å². The van der Waals surface area contributed by atoms with E-state index in [1.165, 1.54) is 0 Å². The Balaban J connectivity index is 1.97. The van der Waals surface area contributed by atoms with E-state index >= 15 is 0 Å². The molecule has 204 valence electrons. The Kier molecular flexibility index (Phi) is 10.6. The SMILES string of the molecule is C=N/C=C(\C=C(\C#N)CCN(C=O)CCNC)c1n[nH]c2cc(OC)c(O[C@H](C)c3c(C)cncc3Cl)cc12. The number of likely N-dealkylation sites (N-methyl/N-ethyl adjacent to an activating group) is 1. The topological polar surface area (TPSA) is 129 Å². The van der Waals surface area contributed by atoms with E-state index in [1.54, 1.807) is 42.7 Å². The number of H-pyrrole nitrogens is 1. The number of rotatable bonds is 14. The Labute approximate surface area is 233 Å². The van der Waals surface area contributed by atoms with Crippen molar-refractivity contribution in [3.8, 4) is 17.6 Å². The predicted octanol–water partition coefficient (Wildman–Crippen LogP) is 4.63. The Morgan fingerprint density at radius 1 is 1.36 bits per heavy atom. The minimum absolute atomic E-state index is 0.377. The Bertz CT molecular complexity index is 1400. The number of hydrogen-bond donors (Lipinski definition) is 2. The monoisotopic (exact) mass is 549 g/mol. The molecule has 3 rings (SSSR count). The average molecular weight is 550 g/mol. The van der Waals surface area contributed by atoms with Crippen molar-refractivity contribution in [1.29, 1.82) is 5.26 Å². The van der Waals surface area contributed by atoms with Crippen LogP contribution in [-0.4, -0.2) is 67.0 Å². The molecule has 0 bridgehead atoms. The number of hydrogen-bond acceptors (Lipinski definition) is 8. The second-order valence-corrected chi connectivity index (χ2v) is 9.18. The van der Waals surface area contributed by atoms with Crippen molar-refractivity contribution in [2.24, 2.45) is 4.99 Å². The molecule has 0 saturated carbocycles. The number of carbonyl (C=O) groups excluding carboxylic acids is 1. The number of benzene rings is 1. The van der Waals surface area contributed by atoms with Crippen LogP contribution in [0.4, 0.5) is 0 Å². The first-order valence-electron chi connectivity index (χ1n) is 12.3. The Morgan fingerprint density at radius 2 is 2.15 bits per heavy atom. The number of aryl methyl sites for hydroxylation is 1. The summed E-state index contributed by atoms with van der Waals surface area (Å²) in [5.41, 5.74) is 4.07. The number of aromatic nitrogens is 3. The number of nitrogens with one attached hydrogen (secondary N) is 2. The van der Waals surface area contributed by atoms with Gasteiger partial charge in [0.1, 0.15) is 11.8 Å². The van der Waals surface area contributed by atoms with Crippen molar-refractivity contribution in [3.63, 3.8) is 0 Å². The van der Waals surface area contributed by atoms with Gasteiger partial charge in [0, 0.05) is 72.8 Å². The number of fused-ring (bicyclic) bond motifs is 1. The van der Waals surface area contributed by atoms with E-state index in [-0.39, 0.29) is 6.10 Å². The van der Waals surface area contributed by atoms with E-state index in [9.17, 15) is 10.1 Å². The molecule has 0 saturated heterocycles. The van der Waals surface area contributed by atoms with Crippen LogP contribution in [0.15, 0.2) is 47.4 Å². The maximum Gasteiger partial charge on any atom is 0.209 e. The lowest BCUT2D eigenvalue weighted by Crippen LogP contribution is -2.30. The quantitative estimate of drug-likeness (QED) is 0.130. The van der Waals surface area contributed by atoms with Crippen LogP contribution in [0, 0.1) is 18.3 Å². The molecule has 0 aliphatic heterocycles. The van der Waals surface area contributed by atoms with Gasteiger partial charge < -0.3 is 19.7 Å². The number of halogens is 1. The zero-order valence-electron chi connectivity index (χ0n) is 22.5. The summed E-state index contributed by atoms with van der Waals surface area (Å²) < 4.78 is 11.9. The summed E-state index contributed by atoms with van der Waals surface area (Å²) in [6.07, 6.45) is 7.35. The van der Waals surface area contributed by atoms with Crippen molar-refractivity contribution in [2.45, 2.75) is 26.4 Å². The van der Waals surface area contributed by atoms with Gasteiger partial charge in [-0.1, -0.05) is 11.6 Å². The molecule has 2 aromatic heterocycles. The first-order valence-corrected chi connectivity index (χ1v) is 12.7. The number of pyridine rings is 1. The van der Waals surface area contributed by atoms with Crippen LogP contribution in [0.5, 0.6) is 11.5 Å². The zero-order chi connectivity index (χ0) is 28.4. The molecule has 0 unspecified atom stereocenters. The number of allylic oxidation sites excluding steroid dienone is 2. The number of methoxy groups -OCH3 is 1. The third kappa shape index (κ3) is 7.22. The van der Waals surface area contributed by atoms with E-state index in [0.717, 1.165) is 22.9 Å². The number of carbonyl (C=O) groups is 1. The highest BCUT2D eigenvalue weighted by molar-refractivity contribution is 6.31. The molecule has 2 heterocycles. The van der Waals surface area contributed by atoms with Gasteiger partial charge >= 0.3 is 0 Å². The van der Waals surface area contributed by atoms with Crippen molar-refractivity contribution in [3.05, 3.63) is 64.2 Å². The van der Waals surface area contributed by atoms with Crippen molar-refractivity contribution in [1.82, 2.24) is 25.4 Å². The van der Waals surface area contributed by atoms with E-state index in [1.807, 2.05) is 27.0 Å². The Hall–Kier alpha value is -4.20. The lowest BCUT2D eigenvalue weighted by atomic mass is 10.0. The second kappa shape index (κ2) is 14.1. The summed E-state index contributed by atoms with van der Waals surface area (Å²) in [5, 5.41) is 21.6. The molecule has 0 aliphatic rings. The van der Waals surface area contributed by atoms with Gasteiger partial charge in [-0.05, 0) is 45.3 Å². The number of aliphatic imine (C=N–C) groups is 1. The van der Waals surface area contributed by atoms with Gasteiger partial charge in [-0.15, -0.1) is 0 Å². The molecular weight excluding hydrogens is 518 g/mol. The lowest BCUT2D eigenvalue weighted by Gasteiger charge is -2.20. The molecule has 11 heteroatoms. The van der Waals surface area contributed by atoms with Crippen LogP contribution in [0.1, 0.15) is 36.3 Å². The average Bonchev–Trinajstić information content (AvgIpc) is 3.33. The van der Waals surface area contributed by atoms with Gasteiger partial charge in [0.15, 0.2) is 11.5 Å². The smallest absolute Gasteiger partial charge is 0.209 e.